The molecule has 1 aliphatic rings. The van der Waals surface area contributed by atoms with Crippen LogP contribution >= 0.6 is 11.3 Å². The van der Waals surface area contributed by atoms with E-state index in [1.165, 1.54) is 44.6 Å². The second-order valence-electron chi connectivity index (χ2n) is 5.40. The Hall–Kier alpha value is -0.540. The topological polar surface area (TPSA) is 15.3 Å². The summed E-state index contributed by atoms with van der Waals surface area (Å²) in [5.41, 5.74) is 1.41. The monoisotopic (exact) mass is 252 g/mol. The molecule has 1 aliphatic heterocycles. The quantitative estimate of drug-likeness (QED) is 0.864. The Morgan fingerprint density at radius 2 is 2.41 bits per heavy atom. The fraction of sp³-hybridized carbons (Fsp3) is 0.714. The smallest absolute Gasteiger partial charge is 0.0475 e. The molecule has 0 spiro atoms. The molecule has 1 unspecified atom stereocenters. The molecular formula is C14H24N2S. The number of rotatable bonds is 5. The number of nitrogens with one attached hydrogen (secondary N) is 1. The number of thiophene rings is 1. The van der Waals surface area contributed by atoms with Gasteiger partial charge >= 0.3 is 0 Å². The molecule has 1 aromatic rings. The van der Waals surface area contributed by atoms with Gasteiger partial charge in [0, 0.05) is 30.2 Å². The summed E-state index contributed by atoms with van der Waals surface area (Å²) in [6.07, 6.45) is 3.93. The van der Waals surface area contributed by atoms with Crippen LogP contribution in [0.5, 0.6) is 0 Å². The predicted molar refractivity (Wildman–Crippen MR) is 77.0 cm³/mol. The van der Waals surface area contributed by atoms with E-state index in [0.717, 1.165) is 5.92 Å². The van der Waals surface area contributed by atoms with Crippen molar-refractivity contribution in [1.29, 1.82) is 0 Å². The molecule has 2 nitrogen and oxygen atoms in total. The van der Waals surface area contributed by atoms with Crippen LogP contribution in [0.2, 0.25) is 0 Å². The molecule has 1 atom stereocenters. The van der Waals surface area contributed by atoms with Crippen LogP contribution in [0.25, 0.3) is 0 Å². The molecule has 0 aromatic carbocycles. The average Bonchev–Trinajstić information content (AvgIpc) is 2.82. The Morgan fingerprint density at radius 1 is 1.53 bits per heavy atom. The number of anilines is 1. The molecule has 17 heavy (non-hydrogen) atoms. The molecule has 1 fully saturated rings. The third-order valence-corrected chi connectivity index (χ3v) is 4.12. The van der Waals surface area contributed by atoms with Gasteiger partial charge in [0.25, 0.3) is 0 Å². The molecule has 0 amide bonds. The predicted octanol–water partition coefficient (Wildman–Crippen LogP) is 3.35. The zero-order valence-electron chi connectivity index (χ0n) is 11.0. The van der Waals surface area contributed by atoms with Gasteiger partial charge in [0.15, 0.2) is 0 Å². The van der Waals surface area contributed by atoms with Crippen LogP contribution in [0.3, 0.4) is 0 Å². The first-order chi connectivity index (χ1) is 8.25. The Kier molecular flexibility index (Phi) is 4.86. The lowest BCUT2D eigenvalue weighted by Gasteiger charge is -2.34. The van der Waals surface area contributed by atoms with E-state index in [1.54, 1.807) is 11.3 Å². The fourth-order valence-electron chi connectivity index (χ4n) is 2.39. The van der Waals surface area contributed by atoms with Crippen LogP contribution in [0.4, 0.5) is 5.69 Å². The van der Waals surface area contributed by atoms with Gasteiger partial charge in [-0.1, -0.05) is 13.8 Å². The highest BCUT2D eigenvalue weighted by Crippen LogP contribution is 2.22. The van der Waals surface area contributed by atoms with E-state index in [9.17, 15) is 0 Å². The second kappa shape index (κ2) is 6.41. The average molecular weight is 252 g/mol. The molecule has 1 N–H and O–H groups in total. The van der Waals surface area contributed by atoms with Crippen molar-refractivity contribution in [1.82, 2.24) is 5.32 Å². The normalized spacial score (nSPS) is 21.1. The van der Waals surface area contributed by atoms with Gasteiger partial charge in [0.1, 0.15) is 0 Å². The lowest BCUT2D eigenvalue weighted by atomic mass is 10.0. The van der Waals surface area contributed by atoms with Crippen LogP contribution in [0.1, 0.15) is 33.1 Å². The van der Waals surface area contributed by atoms with Gasteiger partial charge in [-0.25, -0.2) is 0 Å². The molecular weight excluding hydrogens is 228 g/mol. The molecule has 3 heteroatoms. The Labute approximate surface area is 109 Å². The first-order valence-corrected chi connectivity index (χ1v) is 7.70. The van der Waals surface area contributed by atoms with Crippen LogP contribution in [0, 0.1) is 5.92 Å². The van der Waals surface area contributed by atoms with Gasteiger partial charge in [-0.05, 0) is 43.2 Å². The highest BCUT2D eigenvalue weighted by molar-refractivity contribution is 7.08. The van der Waals surface area contributed by atoms with Gasteiger partial charge in [-0.15, -0.1) is 0 Å². The summed E-state index contributed by atoms with van der Waals surface area (Å²) in [5.74, 6) is 0.805. The minimum atomic E-state index is 0.683. The zero-order chi connectivity index (χ0) is 12.1. The Morgan fingerprint density at radius 3 is 3.12 bits per heavy atom. The lowest BCUT2D eigenvalue weighted by Crippen LogP contribution is -2.46. The van der Waals surface area contributed by atoms with E-state index in [1.807, 2.05) is 0 Å². The summed E-state index contributed by atoms with van der Waals surface area (Å²) in [4.78, 5) is 2.52. The fourth-order valence-corrected chi connectivity index (χ4v) is 3.06. The van der Waals surface area contributed by atoms with E-state index < -0.39 is 0 Å². The minimum absolute atomic E-state index is 0.683. The van der Waals surface area contributed by atoms with E-state index >= 15 is 0 Å². The van der Waals surface area contributed by atoms with Gasteiger partial charge in [-0.3, -0.25) is 0 Å². The summed E-state index contributed by atoms with van der Waals surface area (Å²) in [5, 5.41) is 8.14. The van der Waals surface area contributed by atoms with E-state index in [-0.39, 0.29) is 0 Å². The SMILES string of the molecule is CC(C)CCNC1CCCN(c2ccsc2)C1. The summed E-state index contributed by atoms with van der Waals surface area (Å²) in [6.45, 7) is 8.15. The van der Waals surface area contributed by atoms with Gasteiger partial charge < -0.3 is 10.2 Å². The van der Waals surface area contributed by atoms with Crippen LogP contribution < -0.4 is 10.2 Å². The summed E-state index contributed by atoms with van der Waals surface area (Å²) >= 11 is 1.79. The molecule has 2 heterocycles. The molecule has 0 aliphatic carbocycles. The molecule has 0 saturated carbocycles. The van der Waals surface area contributed by atoms with Crippen molar-refractivity contribution in [2.75, 3.05) is 24.5 Å². The number of nitrogens with zero attached hydrogens (tertiary/aromatic N) is 1. The third kappa shape index (κ3) is 4.00. The number of hydrogen-bond acceptors (Lipinski definition) is 3. The molecule has 96 valence electrons. The Bertz CT molecular complexity index is 308. The molecule has 1 saturated heterocycles. The van der Waals surface area contributed by atoms with E-state index in [4.69, 9.17) is 0 Å². The van der Waals surface area contributed by atoms with Gasteiger partial charge in [0.2, 0.25) is 0 Å². The van der Waals surface area contributed by atoms with E-state index in [2.05, 4.69) is 40.9 Å². The first-order valence-electron chi connectivity index (χ1n) is 6.76. The largest absolute Gasteiger partial charge is 0.369 e. The van der Waals surface area contributed by atoms with Gasteiger partial charge in [0.05, 0.1) is 0 Å². The lowest BCUT2D eigenvalue weighted by molar-refractivity contribution is 0.406. The molecule has 2 rings (SSSR count). The summed E-state index contributed by atoms with van der Waals surface area (Å²) < 4.78 is 0. The molecule has 1 aromatic heterocycles. The molecule has 0 radical (unpaired) electrons. The summed E-state index contributed by atoms with van der Waals surface area (Å²) in [7, 11) is 0. The first kappa shape index (κ1) is 12.9. The van der Waals surface area contributed by atoms with Crippen LogP contribution in [-0.4, -0.2) is 25.7 Å². The number of hydrogen-bond donors (Lipinski definition) is 1. The highest BCUT2D eigenvalue weighted by atomic mass is 32.1. The van der Waals surface area contributed by atoms with Crippen molar-refractivity contribution in [2.45, 2.75) is 39.2 Å². The van der Waals surface area contributed by atoms with Gasteiger partial charge in [-0.2, -0.15) is 11.3 Å². The van der Waals surface area contributed by atoms with Crippen molar-refractivity contribution in [3.63, 3.8) is 0 Å². The standard InChI is InChI=1S/C14H24N2S/c1-12(2)5-7-15-13-4-3-8-16(10-13)14-6-9-17-11-14/h6,9,11-13,15H,3-5,7-8,10H2,1-2H3. The van der Waals surface area contributed by atoms with Crippen molar-refractivity contribution >= 4 is 17.0 Å². The maximum absolute atomic E-state index is 3.71. The van der Waals surface area contributed by atoms with Crippen LogP contribution in [-0.2, 0) is 0 Å². The van der Waals surface area contributed by atoms with Crippen molar-refractivity contribution in [2.24, 2.45) is 5.92 Å². The van der Waals surface area contributed by atoms with Crippen molar-refractivity contribution in [3.8, 4) is 0 Å². The van der Waals surface area contributed by atoms with Crippen LogP contribution in [0.15, 0.2) is 16.8 Å². The third-order valence-electron chi connectivity index (χ3n) is 3.45. The Balaban J connectivity index is 1.77. The maximum atomic E-state index is 3.71. The van der Waals surface area contributed by atoms with Crippen molar-refractivity contribution in [3.05, 3.63) is 16.8 Å². The maximum Gasteiger partial charge on any atom is 0.0475 e. The molecule has 0 bridgehead atoms. The van der Waals surface area contributed by atoms with Crippen molar-refractivity contribution < 1.29 is 0 Å². The summed E-state index contributed by atoms with van der Waals surface area (Å²) in [6, 6.07) is 2.92. The number of piperidine rings is 1. The minimum Gasteiger partial charge on any atom is -0.369 e. The second-order valence-corrected chi connectivity index (χ2v) is 6.18. The van der Waals surface area contributed by atoms with E-state index in [0.29, 0.717) is 6.04 Å². The highest BCUT2D eigenvalue weighted by Gasteiger charge is 2.19. The zero-order valence-corrected chi connectivity index (χ0v) is 11.8.